The van der Waals surface area contributed by atoms with Gasteiger partial charge in [-0.2, -0.15) is 0 Å². The van der Waals surface area contributed by atoms with Crippen molar-refractivity contribution < 1.29 is 23.1 Å². The van der Waals surface area contributed by atoms with Crippen LogP contribution < -0.4 is 5.32 Å². The molecule has 3 amide bonds. The number of piperidine rings is 1. The number of hydrogen-bond donors (Lipinski definition) is 1. The summed E-state index contributed by atoms with van der Waals surface area (Å²) in [6, 6.07) is 19.4. The van der Waals surface area contributed by atoms with E-state index in [0.717, 1.165) is 55.9 Å². The quantitative estimate of drug-likeness (QED) is 0.447. The van der Waals surface area contributed by atoms with E-state index < -0.39 is 29.8 Å². The monoisotopic (exact) mass is 517 g/mol. The van der Waals surface area contributed by atoms with Crippen molar-refractivity contribution in [1.82, 2.24) is 15.1 Å². The van der Waals surface area contributed by atoms with E-state index in [1.807, 2.05) is 0 Å². The molecule has 0 aromatic heterocycles. The Morgan fingerprint density at radius 1 is 0.947 bits per heavy atom. The predicted octanol–water partition coefficient (Wildman–Crippen LogP) is 5.62. The van der Waals surface area contributed by atoms with Crippen LogP contribution in [0.25, 0.3) is 11.1 Å². The maximum Gasteiger partial charge on any atom is 0.418 e. The normalized spacial score (nSPS) is 19.8. The third-order valence-corrected chi connectivity index (χ3v) is 8.23. The van der Waals surface area contributed by atoms with Gasteiger partial charge in [-0.1, -0.05) is 54.6 Å². The number of likely N-dealkylation sites (tertiary alicyclic amines) is 1. The summed E-state index contributed by atoms with van der Waals surface area (Å²) in [6.45, 7) is 3.05. The molecule has 6 rings (SSSR count). The molecule has 1 atom stereocenters. The van der Waals surface area contributed by atoms with Gasteiger partial charge in [0.05, 0.1) is 0 Å². The summed E-state index contributed by atoms with van der Waals surface area (Å²) in [5.41, 5.74) is 5.93. The van der Waals surface area contributed by atoms with Gasteiger partial charge in [-0.15, -0.1) is 0 Å². The fourth-order valence-electron chi connectivity index (χ4n) is 6.31. The van der Waals surface area contributed by atoms with Gasteiger partial charge >= 0.3 is 12.1 Å². The van der Waals surface area contributed by atoms with Crippen molar-refractivity contribution >= 4 is 12.1 Å². The molecule has 0 bridgehead atoms. The van der Waals surface area contributed by atoms with E-state index in [1.165, 1.54) is 28.3 Å². The van der Waals surface area contributed by atoms with Crippen molar-refractivity contribution in [2.24, 2.45) is 0 Å². The van der Waals surface area contributed by atoms with Gasteiger partial charge in [-0.3, -0.25) is 0 Å². The number of hydrogen-bond acceptors (Lipinski definition) is 4. The van der Waals surface area contributed by atoms with Crippen molar-refractivity contribution in [3.05, 3.63) is 95.1 Å². The number of benzene rings is 3. The number of nitrogens with one attached hydrogen (secondary N) is 1. The van der Waals surface area contributed by atoms with E-state index in [2.05, 4.69) is 58.7 Å². The predicted molar refractivity (Wildman–Crippen MR) is 139 cm³/mol. The number of nitrogens with zero attached hydrogens (tertiary/aromatic N) is 2. The Bertz CT molecular complexity index is 1340. The van der Waals surface area contributed by atoms with Crippen molar-refractivity contribution in [3.8, 4) is 11.1 Å². The van der Waals surface area contributed by atoms with Gasteiger partial charge in [-0.25, -0.2) is 23.3 Å². The molecule has 2 heterocycles. The van der Waals surface area contributed by atoms with E-state index in [9.17, 15) is 18.4 Å². The fraction of sp³-hybridized carbons (Fsp3) is 0.333. The molecule has 3 aromatic rings. The molecule has 0 unspecified atom stereocenters. The van der Waals surface area contributed by atoms with Gasteiger partial charge in [0.1, 0.15) is 12.6 Å². The highest BCUT2D eigenvalue weighted by atomic mass is 19.2. The number of fused-ring (bicyclic) bond motifs is 5. The minimum atomic E-state index is -1.03. The first kappa shape index (κ1) is 24.6. The second-order valence-corrected chi connectivity index (χ2v) is 10.2. The number of amides is 3. The molecule has 2 saturated heterocycles. The van der Waals surface area contributed by atoms with E-state index in [1.54, 1.807) is 0 Å². The minimum Gasteiger partial charge on any atom is -0.446 e. The van der Waals surface area contributed by atoms with E-state index in [-0.39, 0.29) is 12.0 Å². The van der Waals surface area contributed by atoms with E-state index in [4.69, 9.17) is 4.74 Å². The summed E-state index contributed by atoms with van der Waals surface area (Å²) in [6.07, 6.45) is 2.02. The van der Waals surface area contributed by atoms with Crippen LogP contribution in [0.4, 0.5) is 18.4 Å². The van der Waals surface area contributed by atoms with Crippen LogP contribution in [0.5, 0.6) is 0 Å². The number of ether oxygens (including phenoxy) is 1. The Hall–Kier alpha value is -3.78. The fourth-order valence-corrected chi connectivity index (χ4v) is 6.31. The highest BCUT2D eigenvalue weighted by molar-refractivity contribution is 5.92. The summed E-state index contributed by atoms with van der Waals surface area (Å²) in [4.78, 5) is 28.3. The van der Waals surface area contributed by atoms with E-state index >= 15 is 0 Å². The third-order valence-electron chi connectivity index (χ3n) is 8.23. The van der Waals surface area contributed by atoms with Crippen molar-refractivity contribution in [2.45, 2.75) is 30.7 Å². The second-order valence-electron chi connectivity index (χ2n) is 10.2. The van der Waals surface area contributed by atoms with Crippen LogP contribution in [0.1, 0.15) is 42.0 Å². The molecule has 2 aliphatic heterocycles. The number of imide groups is 1. The molecule has 2 fully saturated rings. The van der Waals surface area contributed by atoms with Crippen LogP contribution in [0.3, 0.4) is 0 Å². The maximum atomic E-state index is 13.7. The highest BCUT2D eigenvalue weighted by Gasteiger charge is 2.44. The molecule has 6 nitrogen and oxygen atoms in total. The molecular weight excluding hydrogens is 488 g/mol. The number of carbonyl (C=O) groups excluding carboxylic acids is 2. The molecule has 38 heavy (non-hydrogen) atoms. The van der Waals surface area contributed by atoms with Crippen LogP contribution >= 0.6 is 0 Å². The Labute approximate surface area is 220 Å². The molecular formula is C30H29F2N3O3. The van der Waals surface area contributed by atoms with Crippen LogP contribution in [0.15, 0.2) is 66.7 Å². The standard InChI is InChI=1S/C30H29F2N3O3/c31-25-11-10-20(18-26(25)32)27-19-38-29(37)35(27)28(36)33-14-5-15-34-16-12-30(13-17-34)23-8-3-1-6-21(23)22-7-2-4-9-24(22)30/h1-4,6-11,18,27H,5,12-17,19H2,(H,33,36)/t27-/m0/s1. The van der Waals surface area contributed by atoms with Gasteiger partial charge in [0.15, 0.2) is 11.6 Å². The lowest BCUT2D eigenvalue weighted by atomic mass is 9.71. The van der Waals surface area contributed by atoms with Crippen molar-refractivity contribution in [2.75, 3.05) is 32.8 Å². The first-order valence-corrected chi connectivity index (χ1v) is 13.1. The molecule has 8 heteroatoms. The molecule has 1 spiro atoms. The Morgan fingerprint density at radius 3 is 2.26 bits per heavy atom. The first-order chi connectivity index (χ1) is 18.5. The summed E-state index contributed by atoms with van der Waals surface area (Å²) in [5, 5.41) is 2.79. The van der Waals surface area contributed by atoms with Gasteiger partial charge in [-0.05, 0) is 78.8 Å². The maximum absolute atomic E-state index is 13.7. The molecule has 196 valence electrons. The molecule has 3 aliphatic rings. The topological polar surface area (TPSA) is 61.9 Å². The number of urea groups is 1. The number of cyclic esters (lactones) is 1. The van der Waals surface area contributed by atoms with Crippen molar-refractivity contribution in [3.63, 3.8) is 0 Å². The van der Waals surface area contributed by atoms with Gasteiger partial charge < -0.3 is 15.0 Å². The van der Waals surface area contributed by atoms with Crippen LogP contribution in [-0.2, 0) is 10.2 Å². The van der Waals surface area contributed by atoms with Gasteiger partial charge in [0.2, 0.25) is 0 Å². The lowest BCUT2D eigenvalue weighted by Crippen LogP contribution is -2.44. The molecule has 0 radical (unpaired) electrons. The molecule has 1 aliphatic carbocycles. The minimum absolute atomic E-state index is 0.0584. The van der Waals surface area contributed by atoms with Crippen LogP contribution in [-0.4, -0.2) is 54.7 Å². The number of rotatable bonds is 5. The lowest BCUT2D eigenvalue weighted by molar-refractivity contribution is 0.157. The Balaban J connectivity index is 1.03. The molecule has 1 N–H and O–H groups in total. The second kappa shape index (κ2) is 9.83. The molecule has 3 aromatic carbocycles. The zero-order chi connectivity index (χ0) is 26.3. The zero-order valence-corrected chi connectivity index (χ0v) is 21.0. The third kappa shape index (κ3) is 4.13. The number of halogens is 2. The lowest BCUT2D eigenvalue weighted by Gasteiger charge is -2.41. The largest absolute Gasteiger partial charge is 0.446 e. The van der Waals surface area contributed by atoms with Crippen LogP contribution in [0.2, 0.25) is 0 Å². The van der Waals surface area contributed by atoms with Crippen LogP contribution in [0, 0.1) is 11.6 Å². The average Bonchev–Trinajstić information content (AvgIpc) is 3.46. The van der Waals surface area contributed by atoms with Gasteiger partial charge in [0, 0.05) is 12.0 Å². The summed E-state index contributed by atoms with van der Waals surface area (Å²) in [7, 11) is 0. The SMILES string of the molecule is O=C(NCCCN1CCC2(CC1)c1ccccc1-c1ccccc12)N1C(=O)OC[C@H]1c1ccc(F)c(F)c1. The smallest absolute Gasteiger partial charge is 0.418 e. The Kier molecular flexibility index (Phi) is 6.35. The average molecular weight is 518 g/mol. The van der Waals surface area contributed by atoms with Crippen molar-refractivity contribution in [1.29, 1.82) is 0 Å². The zero-order valence-electron chi connectivity index (χ0n) is 21.0. The van der Waals surface area contributed by atoms with Gasteiger partial charge in [0.25, 0.3) is 0 Å². The van der Waals surface area contributed by atoms with E-state index in [0.29, 0.717) is 12.1 Å². The molecule has 0 saturated carbocycles. The summed E-state index contributed by atoms with van der Waals surface area (Å²) in [5.74, 6) is -2.02. The summed E-state index contributed by atoms with van der Waals surface area (Å²) < 4.78 is 32.0. The summed E-state index contributed by atoms with van der Waals surface area (Å²) >= 11 is 0. The first-order valence-electron chi connectivity index (χ1n) is 13.1. The highest BCUT2D eigenvalue weighted by Crippen LogP contribution is 2.53. The Morgan fingerprint density at radius 2 is 1.61 bits per heavy atom. The number of carbonyl (C=O) groups is 2.